The van der Waals surface area contributed by atoms with Gasteiger partial charge in [0.15, 0.2) is 0 Å². The van der Waals surface area contributed by atoms with Crippen molar-refractivity contribution in [3.8, 4) is 11.3 Å². The third-order valence-corrected chi connectivity index (χ3v) is 6.19. The van der Waals surface area contributed by atoms with Gasteiger partial charge in [0.2, 0.25) is 10.0 Å². The van der Waals surface area contributed by atoms with Gasteiger partial charge in [0.05, 0.1) is 10.6 Å². The van der Waals surface area contributed by atoms with Crippen LogP contribution in [0.15, 0.2) is 65.7 Å². The Balaban J connectivity index is 1.74. The monoisotopic (exact) mass is 424 g/mol. The molecule has 3 rings (SSSR count). The molecule has 0 saturated heterocycles. The van der Waals surface area contributed by atoms with Crippen LogP contribution >= 0.6 is 0 Å². The minimum Gasteiger partial charge on any atom is -0.322 e. The van der Waals surface area contributed by atoms with Crippen LogP contribution in [0.2, 0.25) is 0 Å². The van der Waals surface area contributed by atoms with Crippen molar-refractivity contribution in [2.45, 2.75) is 38.1 Å². The second-order valence-electron chi connectivity index (χ2n) is 6.98. The SMILES string of the molecule is CCC(C)NS(=O)(=O)c1ccc(C(=O)Nc2cccc(-c3ccnc(C)n3)c2)cc1. The van der Waals surface area contributed by atoms with Gasteiger partial charge < -0.3 is 5.32 Å². The van der Waals surface area contributed by atoms with Crippen LogP contribution in [0.5, 0.6) is 0 Å². The number of rotatable bonds is 7. The summed E-state index contributed by atoms with van der Waals surface area (Å²) in [5.41, 5.74) is 2.60. The van der Waals surface area contributed by atoms with Crippen LogP contribution in [0.4, 0.5) is 5.69 Å². The van der Waals surface area contributed by atoms with E-state index in [-0.39, 0.29) is 16.8 Å². The molecule has 1 atom stereocenters. The summed E-state index contributed by atoms with van der Waals surface area (Å²) < 4.78 is 27.3. The first-order valence-corrected chi connectivity index (χ1v) is 11.1. The molecule has 0 saturated carbocycles. The minimum absolute atomic E-state index is 0.125. The first-order chi connectivity index (χ1) is 14.3. The summed E-state index contributed by atoms with van der Waals surface area (Å²) in [6.07, 6.45) is 2.38. The van der Waals surface area contributed by atoms with Crippen LogP contribution in [0, 0.1) is 6.92 Å². The van der Waals surface area contributed by atoms with E-state index in [1.54, 1.807) is 25.3 Å². The molecule has 7 nitrogen and oxygen atoms in total. The van der Waals surface area contributed by atoms with Gasteiger partial charge in [-0.05, 0) is 62.7 Å². The molecular weight excluding hydrogens is 400 g/mol. The Kier molecular flexibility index (Phi) is 6.59. The topological polar surface area (TPSA) is 101 Å². The third-order valence-electron chi connectivity index (χ3n) is 4.59. The van der Waals surface area contributed by atoms with Gasteiger partial charge >= 0.3 is 0 Å². The molecule has 1 aromatic heterocycles. The van der Waals surface area contributed by atoms with Gasteiger partial charge in [-0.3, -0.25) is 4.79 Å². The number of aryl methyl sites for hydroxylation is 1. The zero-order valence-electron chi connectivity index (χ0n) is 17.1. The van der Waals surface area contributed by atoms with Crippen LogP contribution in [-0.2, 0) is 10.0 Å². The van der Waals surface area contributed by atoms with Crippen LogP contribution in [-0.4, -0.2) is 30.3 Å². The molecule has 0 aliphatic heterocycles. The molecule has 2 aromatic carbocycles. The lowest BCUT2D eigenvalue weighted by Crippen LogP contribution is -2.32. The maximum absolute atomic E-state index is 12.6. The first-order valence-electron chi connectivity index (χ1n) is 9.62. The Bertz CT molecular complexity index is 1150. The molecule has 1 amide bonds. The van der Waals surface area contributed by atoms with E-state index in [0.29, 0.717) is 23.5 Å². The minimum atomic E-state index is -3.61. The molecule has 0 fully saturated rings. The molecular formula is C22H24N4O3S. The summed E-state index contributed by atoms with van der Waals surface area (Å²) in [5, 5.41) is 2.84. The first kappa shape index (κ1) is 21.6. The lowest BCUT2D eigenvalue weighted by molar-refractivity contribution is 0.102. The number of carbonyl (C=O) groups is 1. The van der Waals surface area contributed by atoms with Crippen molar-refractivity contribution in [2.24, 2.45) is 0 Å². The molecule has 3 aromatic rings. The van der Waals surface area contributed by atoms with Gasteiger partial charge in [0, 0.05) is 29.1 Å². The molecule has 8 heteroatoms. The summed E-state index contributed by atoms with van der Waals surface area (Å²) in [5.74, 6) is 0.338. The summed E-state index contributed by atoms with van der Waals surface area (Å²) in [6.45, 7) is 5.52. The zero-order chi connectivity index (χ0) is 21.7. The fraction of sp³-hybridized carbons (Fsp3) is 0.227. The van der Waals surface area contributed by atoms with Gasteiger partial charge in [-0.15, -0.1) is 0 Å². The number of carbonyl (C=O) groups excluding carboxylic acids is 1. The Morgan fingerprint density at radius 1 is 1.10 bits per heavy atom. The number of anilines is 1. The quantitative estimate of drug-likeness (QED) is 0.601. The van der Waals surface area contributed by atoms with Gasteiger partial charge in [0.25, 0.3) is 5.91 Å². The van der Waals surface area contributed by atoms with Crippen LogP contribution in [0.1, 0.15) is 36.5 Å². The largest absolute Gasteiger partial charge is 0.322 e. The lowest BCUT2D eigenvalue weighted by Gasteiger charge is -2.12. The Labute approximate surface area is 176 Å². The molecule has 156 valence electrons. The number of benzene rings is 2. The van der Waals surface area contributed by atoms with Crippen molar-refractivity contribution < 1.29 is 13.2 Å². The van der Waals surface area contributed by atoms with Crippen LogP contribution in [0.25, 0.3) is 11.3 Å². The maximum atomic E-state index is 12.6. The number of sulfonamides is 1. The van der Waals surface area contributed by atoms with E-state index < -0.39 is 10.0 Å². The fourth-order valence-corrected chi connectivity index (χ4v) is 4.11. The Morgan fingerprint density at radius 3 is 2.50 bits per heavy atom. The molecule has 0 radical (unpaired) electrons. The highest BCUT2D eigenvalue weighted by Gasteiger charge is 2.17. The highest BCUT2D eigenvalue weighted by Crippen LogP contribution is 2.21. The van der Waals surface area contributed by atoms with Crippen molar-refractivity contribution in [3.05, 3.63) is 72.2 Å². The number of nitrogens with one attached hydrogen (secondary N) is 2. The summed E-state index contributed by atoms with van der Waals surface area (Å²) in [4.78, 5) is 21.2. The van der Waals surface area contributed by atoms with Crippen molar-refractivity contribution in [2.75, 3.05) is 5.32 Å². The average molecular weight is 425 g/mol. The normalized spacial score (nSPS) is 12.4. The Morgan fingerprint density at radius 2 is 1.83 bits per heavy atom. The lowest BCUT2D eigenvalue weighted by atomic mass is 10.1. The molecule has 0 bridgehead atoms. The molecule has 2 N–H and O–H groups in total. The molecule has 1 heterocycles. The number of hydrogen-bond donors (Lipinski definition) is 2. The van der Waals surface area contributed by atoms with E-state index in [9.17, 15) is 13.2 Å². The van der Waals surface area contributed by atoms with Gasteiger partial charge in [-0.1, -0.05) is 19.1 Å². The smallest absolute Gasteiger partial charge is 0.255 e. The predicted octanol–water partition coefficient (Wildman–Crippen LogP) is 3.78. The second-order valence-corrected chi connectivity index (χ2v) is 8.69. The Hall–Kier alpha value is -3.10. The van der Waals surface area contributed by atoms with E-state index in [1.807, 2.05) is 32.0 Å². The van der Waals surface area contributed by atoms with Crippen molar-refractivity contribution in [1.82, 2.24) is 14.7 Å². The van der Waals surface area contributed by atoms with Crippen LogP contribution in [0.3, 0.4) is 0 Å². The number of nitrogens with zero attached hydrogens (tertiary/aromatic N) is 2. The van der Waals surface area contributed by atoms with E-state index >= 15 is 0 Å². The molecule has 1 unspecified atom stereocenters. The van der Waals surface area contributed by atoms with Crippen molar-refractivity contribution >= 4 is 21.6 Å². The summed E-state index contributed by atoms with van der Waals surface area (Å²) in [6, 6.07) is 14.8. The van der Waals surface area contributed by atoms with Crippen molar-refractivity contribution in [1.29, 1.82) is 0 Å². The summed E-state index contributed by atoms with van der Waals surface area (Å²) in [7, 11) is -3.61. The molecule has 0 spiro atoms. The molecule has 0 aliphatic rings. The predicted molar refractivity (Wildman–Crippen MR) is 117 cm³/mol. The average Bonchev–Trinajstić information content (AvgIpc) is 2.73. The van der Waals surface area contributed by atoms with Gasteiger partial charge in [-0.2, -0.15) is 0 Å². The van der Waals surface area contributed by atoms with E-state index in [1.165, 1.54) is 24.3 Å². The number of hydrogen-bond acceptors (Lipinski definition) is 5. The molecule has 0 aliphatic carbocycles. The van der Waals surface area contributed by atoms with E-state index in [2.05, 4.69) is 20.0 Å². The second kappa shape index (κ2) is 9.15. The third kappa shape index (κ3) is 5.28. The highest BCUT2D eigenvalue weighted by atomic mass is 32.2. The number of aromatic nitrogens is 2. The van der Waals surface area contributed by atoms with Gasteiger partial charge in [-0.25, -0.2) is 23.1 Å². The van der Waals surface area contributed by atoms with Crippen molar-refractivity contribution in [3.63, 3.8) is 0 Å². The van der Waals surface area contributed by atoms with Crippen LogP contribution < -0.4 is 10.0 Å². The van der Waals surface area contributed by atoms with Gasteiger partial charge in [0.1, 0.15) is 5.82 Å². The van der Waals surface area contributed by atoms with E-state index in [4.69, 9.17) is 0 Å². The summed E-state index contributed by atoms with van der Waals surface area (Å²) >= 11 is 0. The molecule has 30 heavy (non-hydrogen) atoms. The number of amides is 1. The van der Waals surface area contributed by atoms with E-state index in [0.717, 1.165) is 11.3 Å². The fourth-order valence-electron chi connectivity index (χ4n) is 2.78. The standard InChI is InChI=1S/C22H24N4O3S/c1-4-15(2)26-30(28,29)20-10-8-17(9-11-20)22(27)25-19-7-5-6-18(14-19)21-12-13-23-16(3)24-21/h5-15,26H,4H2,1-3H3,(H,25,27). The maximum Gasteiger partial charge on any atom is 0.255 e. The highest BCUT2D eigenvalue weighted by molar-refractivity contribution is 7.89. The zero-order valence-corrected chi connectivity index (χ0v) is 17.9.